The first kappa shape index (κ1) is 16.0. The fraction of sp³-hybridized carbons (Fsp3) is 0.500. The molecule has 124 valence electrons. The molecule has 1 unspecified atom stereocenters. The number of benzene rings is 1. The van der Waals surface area contributed by atoms with Crippen LogP contribution in [0.5, 0.6) is 0 Å². The lowest BCUT2D eigenvalue weighted by Crippen LogP contribution is -2.29. The molecule has 0 amide bonds. The summed E-state index contributed by atoms with van der Waals surface area (Å²) in [6.07, 6.45) is -2.25. The van der Waals surface area contributed by atoms with Gasteiger partial charge in [0, 0.05) is 12.1 Å². The van der Waals surface area contributed by atoms with Crippen LogP contribution in [0.2, 0.25) is 0 Å². The Bertz CT molecular complexity index is 679. The minimum absolute atomic E-state index is 0.156. The van der Waals surface area contributed by atoms with Crippen molar-refractivity contribution in [3.63, 3.8) is 0 Å². The predicted molar refractivity (Wildman–Crippen MR) is 77.5 cm³/mol. The molecule has 1 fully saturated rings. The van der Waals surface area contributed by atoms with Gasteiger partial charge in [-0.25, -0.2) is 0 Å². The molecule has 23 heavy (non-hydrogen) atoms. The summed E-state index contributed by atoms with van der Waals surface area (Å²) in [6, 6.07) is 5.70. The van der Waals surface area contributed by atoms with E-state index in [0.717, 1.165) is 18.9 Å². The molecule has 2 aromatic rings. The first-order valence-corrected chi connectivity index (χ1v) is 7.56. The maximum Gasteiger partial charge on any atom is 0.416 e. The largest absolute Gasteiger partial charge is 0.416 e. The third kappa shape index (κ3) is 3.72. The number of hydrogen-bond acceptors (Lipinski definition) is 4. The number of aromatic nitrogens is 2. The Morgan fingerprint density at radius 2 is 2.09 bits per heavy atom. The molecule has 1 aliphatic rings. The normalized spacial score (nSPS) is 16.8. The van der Waals surface area contributed by atoms with E-state index in [9.17, 15) is 13.2 Å². The molecular formula is C16H18F3N3O. The number of nitrogens with zero attached hydrogens (tertiary/aromatic N) is 3. The van der Waals surface area contributed by atoms with Crippen LogP contribution in [0.3, 0.4) is 0 Å². The van der Waals surface area contributed by atoms with Crippen LogP contribution in [-0.4, -0.2) is 21.1 Å². The molecule has 0 spiro atoms. The van der Waals surface area contributed by atoms with Crippen LogP contribution in [0.15, 0.2) is 28.8 Å². The van der Waals surface area contributed by atoms with Crippen LogP contribution in [0.4, 0.5) is 13.2 Å². The molecule has 4 nitrogen and oxygen atoms in total. The van der Waals surface area contributed by atoms with Crippen LogP contribution in [0.1, 0.15) is 48.6 Å². The molecule has 1 heterocycles. The minimum Gasteiger partial charge on any atom is -0.338 e. The van der Waals surface area contributed by atoms with Crippen LogP contribution in [0, 0.1) is 6.92 Å². The van der Waals surface area contributed by atoms with Gasteiger partial charge in [0.1, 0.15) is 0 Å². The molecule has 0 bridgehead atoms. The Balaban J connectivity index is 1.82. The highest BCUT2D eigenvalue weighted by atomic mass is 19.4. The molecule has 7 heteroatoms. The van der Waals surface area contributed by atoms with Crippen molar-refractivity contribution in [1.29, 1.82) is 0 Å². The van der Waals surface area contributed by atoms with Gasteiger partial charge in [0.25, 0.3) is 0 Å². The highest BCUT2D eigenvalue weighted by molar-refractivity contribution is 5.28. The summed E-state index contributed by atoms with van der Waals surface area (Å²) < 4.78 is 43.9. The lowest BCUT2D eigenvalue weighted by atomic mass is 10.0. The van der Waals surface area contributed by atoms with E-state index in [1.807, 2.05) is 6.92 Å². The molecular weight excluding hydrogens is 307 g/mol. The van der Waals surface area contributed by atoms with E-state index in [1.165, 1.54) is 12.1 Å². The van der Waals surface area contributed by atoms with Gasteiger partial charge in [-0.3, -0.25) is 4.90 Å². The molecule has 0 aliphatic heterocycles. The van der Waals surface area contributed by atoms with Crippen molar-refractivity contribution in [3.05, 3.63) is 47.1 Å². The predicted octanol–water partition coefficient (Wildman–Crippen LogP) is 4.12. The number of alkyl halides is 3. The second-order valence-electron chi connectivity index (χ2n) is 5.94. The molecule has 3 rings (SSSR count). The summed E-state index contributed by atoms with van der Waals surface area (Å²) in [5.74, 6) is 1.05. The van der Waals surface area contributed by atoms with Gasteiger partial charge in [-0.05, 0) is 44.4 Å². The first-order valence-electron chi connectivity index (χ1n) is 7.56. The highest BCUT2D eigenvalue weighted by Crippen LogP contribution is 2.37. The van der Waals surface area contributed by atoms with E-state index in [2.05, 4.69) is 15.0 Å². The van der Waals surface area contributed by atoms with Gasteiger partial charge in [0.2, 0.25) is 5.89 Å². The zero-order valence-corrected chi connectivity index (χ0v) is 13.0. The Hall–Kier alpha value is -1.89. The van der Waals surface area contributed by atoms with E-state index < -0.39 is 11.7 Å². The minimum atomic E-state index is -4.33. The van der Waals surface area contributed by atoms with E-state index in [4.69, 9.17) is 4.52 Å². The molecule has 1 aromatic heterocycles. The topological polar surface area (TPSA) is 42.2 Å². The maximum absolute atomic E-state index is 12.9. The van der Waals surface area contributed by atoms with Gasteiger partial charge in [0.05, 0.1) is 12.1 Å². The summed E-state index contributed by atoms with van der Waals surface area (Å²) in [5, 5.41) is 3.77. The van der Waals surface area contributed by atoms with Gasteiger partial charge in [-0.2, -0.15) is 18.2 Å². The maximum atomic E-state index is 12.9. The molecule has 1 aromatic carbocycles. The van der Waals surface area contributed by atoms with Crippen LogP contribution >= 0.6 is 0 Å². The average Bonchev–Trinajstić information content (AvgIpc) is 3.26. The molecule has 1 saturated carbocycles. The standard InChI is InChI=1S/C16H18F3N3O/c1-10(12-4-3-5-13(8-12)16(17,18)19)22(14-6-7-14)9-15-20-11(2)21-23-15/h3-5,8,10,14H,6-7,9H2,1-2H3. The lowest BCUT2D eigenvalue weighted by molar-refractivity contribution is -0.137. The highest BCUT2D eigenvalue weighted by Gasteiger charge is 2.35. The van der Waals surface area contributed by atoms with Crippen LogP contribution in [0.25, 0.3) is 0 Å². The zero-order valence-electron chi connectivity index (χ0n) is 13.0. The van der Waals surface area contributed by atoms with Crippen molar-refractivity contribution in [2.24, 2.45) is 0 Å². The average molecular weight is 325 g/mol. The van der Waals surface area contributed by atoms with E-state index in [-0.39, 0.29) is 6.04 Å². The smallest absolute Gasteiger partial charge is 0.338 e. The summed E-state index contributed by atoms with van der Waals surface area (Å²) in [4.78, 5) is 6.32. The van der Waals surface area contributed by atoms with Crippen LogP contribution < -0.4 is 0 Å². The number of halogens is 3. The quantitative estimate of drug-likeness (QED) is 0.829. The lowest BCUT2D eigenvalue weighted by Gasteiger charge is -2.28. The van der Waals surface area contributed by atoms with E-state index in [1.54, 1.807) is 13.0 Å². The van der Waals surface area contributed by atoms with Crippen molar-refractivity contribution in [2.45, 2.75) is 51.5 Å². The van der Waals surface area contributed by atoms with Crippen molar-refractivity contribution in [3.8, 4) is 0 Å². The first-order chi connectivity index (χ1) is 10.8. The van der Waals surface area contributed by atoms with Gasteiger partial charge in [0.15, 0.2) is 5.82 Å². The van der Waals surface area contributed by atoms with Gasteiger partial charge in [-0.1, -0.05) is 17.3 Å². The Morgan fingerprint density at radius 1 is 1.35 bits per heavy atom. The number of aryl methyl sites for hydroxylation is 1. The zero-order chi connectivity index (χ0) is 16.6. The molecule has 0 N–H and O–H groups in total. The van der Waals surface area contributed by atoms with E-state index in [0.29, 0.717) is 29.9 Å². The fourth-order valence-electron chi connectivity index (χ4n) is 2.72. The van der Waals surface area contributed by atoms with Gasteiger partial charge >= 0.3 is 6.18 Å². The Morgan fingerprint density at radius 3 is 2.65 bits per heavy atom. The third-order valence-electron chi connectivity index (χ3n) is 4.10. The van der Waals surface area contributed by atoms with Crippen molar-refractivity contribution >= 4 is 0 Å². The molecule has 0 saturated heterocycles. The van der Waals surface area contributed by atoms with Crippen LogP contribution in [-0.2, 0) is 12.7 Å². The number of hydrogen-bond donors (Lipinski definition) is 0. The second kappa shape index (κ2) is 5.96. The summed E-state index contributed by atoms with van der Waals surface area (Å²) >= 11 is 0. The number of rotatable bonds is 5. The SMILES string of the molecule is Cc1noc(CN(C2CC2)C(C)c2cccc(C(F)(F)F)c2)n1. The van der Waals surface area contributed by atoms with Gasteiger partial charge in [-0.15, -0.1) is 0 Å². The third-order valence-corrected chi connectivity index (χ3v) is 4.10. The van der Waals surface area contributed by atoms with Crippen molar-refractivity contribution < 1.29 is 17.7 Å². The monoisotopic (exact) mass is 325 g/mol. The summed E-state index contributed by atoms with van der Waals surface area (Å²) in [7, 11) is 0. The summed E-state index contributed by atoms with van der Waals surface area (Å²) in [5.41, 5.74) is 0.0224. The fourth-order valence-corrected chi connectivity index (χ4v) is 2.72. The van der Waals surface area contributed by atoms with Crippen molar-refractivity contribution in [1.82, 2.24) is 15.0 Å². The van der Waals surface area contributed by atoms with E-state index >= 15 is 0 Å². The molecule has 1 aliphatic carbocycles. The van der Waals surface area contributed by atoms with Crippen molar-refractivity contribution in [2.75, 3.05) is 0 Å². The second-order valence-corrected chi connectivity index (χ2v) is 5.94. The van der Waals surface area contributed by atoms with Gasteiger partial charge < -0.3 is 4.52 Å². The molecule has 1 atom stereocenters. The molecule has 0 radical (unpaired) electrons. The Kier molecular flexibility index (Phi) is 4.14. The Labute approximate surface area is 132 Å². The summed E-state index contributed by atoms with van der Waals surface area (Å²) in [6.45, 7) is 4.10.